The van der Waals surface area contributed by atoms with Crippen molar-refractivity contribution in [3.63, 3.8) is 0 Å². The van der Waals surface area contributed by atoms with Crippen LogP contribution in [0.5, 0.6) is 0 Å². The van der Waals surface area contributed by atoms with Crippen LogP contribution in [-0.2, 0) is 35.0 Å². The van der Waals surface area contributed by atoms with Gasteiger partial charge in [-0.25, -0.2) is 0 Å². The number of rotatable bonds is 7. The van der Waals surface area contributed by atoms with Gasteiger partial charge in [0.05, 0.1) is 37.7 Å². The van der Waals surface area contributed by atoms with E-state index in [2.05, 4.69) is 12.6 Å². The Morgan fingerprint density at radius 2 is 2.17 bits per heavy atom. The summed E-state index contributed by atoms with van der Waals surface area (Å²) < 4.78 is 38.6. The quantitative estimate of drug-likeness (QED) is 0.503. The van der Waals surface area contributed by atoms with Crippen molar-refractivity contribution in [1.29, 1.82) is 0 Å². The second-order valence-corrected chi connectivity index (χ2v) is 9.50. The third kappa shape index (κ3) is 5.47. The minimum absolute atomic E-state index is 0.0986. The SMILES string of the molecule is C=C[C@H]1c2ccccc2CCN1C(=O)[C@H]1C[C@H](N)[C@@H](O[C@@H](C)COS(C)(=O)=O)CO1. The van der Waals surface area contributed by atoms with Crippen molar-refractivity contribution in [3.05, 3.63) is 48.0 Å². The molecule has 0 aromatic heterocycles. The fraction of sp³-hybridized carbons (Fsp3) is 0.571. The van der Waals surface area contributed by atoms with Gasteiger partial charge in [-0.2, -0.15) is 8.42 Å². The number of carbonyl (C=O) groups excluding carboxylic acids is 1. The standard InChI is InChI=1S/C21H30N2O6S/c1-4-18-16-8-6-5-7-15(16)9-10-23(18)21(24)19-11-17(22)20(13-27-19)29-14(2)12-28-30(3,25)26/h4-8,14,17-20H,1,9-13,22H2,2-3H3/t14-,17-,18-,19+,20-/m0/s1. The lowest BCUT2D eigenvalue weighted by Crippen LogP contribution is -2.54. The van der Waals surface area contributed by atoms with Gasteiger partial charge in [0.25, 0.3) is 16.0 Å². The summed E-state index contributed by atoms with van der Waals surface area (Å²) in [6.07, 6.45) is 2.32. The highest BCUT2D eigenvalue weighted by Gasteiger charge is 2.39. The molecule has 2 heterocycles. The van der Waals surface area contributed by atoms with Gasteiger partial charge < -0.3 is 20.1 Å². The van der Waals surface area contributed by atoms with Crippen molar-refractivity contribution in [2.75, 3.05) is 26.0 Å². The van der Waals surface area contributed by atoms with Crippen LogP contribution < -0.4 is 5.73 Å². The second kappa shape index (κ2) is 9.57. The highest BCUT2D eigenvalue weighted by Crippen LogP contribution is 2.32. The highest BCUT2D eigenvalue weighted by molar-refractivity contribution is 7.85. The van der Waals surface area contributed by atoms with Crippen molar-refractivity contribution in [2.45, 2.75) is 50.2 Å². The van der Waals surface area contributed by atoms with E-state index in [1.54, 1.807) is 17.9 Å². The number of nitrogens with two attached hydrogens (primary N) is 1. The molecule has 30 heavy (non-hydrogen) atoms. The van der Waals surface area contributed by atoms with Crippen LogP contribution in [0.15, 0.2) is 36.9 Å². The minimum atomic E-state index is -3.54. The number of ether oxygens (including phenoxy) is 2. The van der Waals surface area contributed by atoms with Crippen molar-refractivity contribution in [1.82, 2.24) is 4.90 Å². The van der Waals surface area contributed by atoms with E-state index in [9.17, 15) is 13.2 Å². The number of fused-ring (bicyclic) bond motifs is 1. The van der Waals surface area contributed by atoms with Crippen LogP contribution in [0.1, 0.15) is 30.5 Å². The number of amides is 1. The smallest absolute Gasteiger partial charge is 0.264 e. The Labute approximate surface area is 178 Å². The van der Waals surface area contributed by atoms with Gasteiger partial charge in [0.2, 0.25) is 0 Å². The van der Waals surface area contributed by atoms with Crippen LogP contribution in [0.4, 0.5) is 0 Å². The number of hydrogen-bond donors (Lipinski definition) is 1. The summed E-state index contributed by atoms with van der Waals surface area (Å²) in [6.45, 7) is 6.28. The molecule has 0 saturated carbocycles. The molecule has 0 aliphatic carbocycles. The first-order valence-electron chi connectivity index (χ1n) is 10.1. The first kappa shape index (κ1) is 22.9. The van der Waals surface area contributed by atoms with Crippen molar-refractivity contribution < 1.29 is 26.9 Å². The van der Waals surface area contributed by atoms with Gasteiger partial charge in [0.15, 0.2) is 0 Å². The molecule has 3 rings (SSSR count). The Balaban J connectivity index is 1.58. The van der Waals surface area contributed by atoms with Crippen LogP contribution in [-0.4, -0.2) is 69.6 Å². The third-order valence-electron chi connectivity index (χ3n) is 5.46. The normalized spacial score (nSPS) is 27.9. The lowest BCUT2D eigenvalue weighted by Gasteiger charge is -2.40. The predicted molar refractivity (Wildman–Crippen MR) is 112 cm³/mol. The molecular weight excluding hydrogens is 408 g/mol. The van der Waals surface area contributed by atoms with Gasteiger partial charge in [-0.1, -0.05) is 30.3 Å². The molecule has 0 unspecified atom stereocenters. The van der Waals surface area contributed by atoms with Gasteiger partial charge in [-0.05, 0) is 24.5 Å². The third-order valence-corrected chi connectivity index (χ3v) is 6.03. The topological polar surface area (TPSA) is 108 Å². The van der Waals surface area contributed by atoms with Crippen molar-refractivity contribution in [3.8, 4) is 0 Å². The lowest BCUT2D eigenvalue weighted by atomic mass is 9.91. The van der Waals surface area contributed by atoms with Crippen molar-refractivity contribution in [2.24, 2.45) is 5.73 Å². The average molecular weight is 439 g/mol. The number of nitrogens with zero attached hydrogens (tertiary/aromatic N) is 1. The molecular formula is C21H30N2O6S. The molecule has 0 spiro atoms. The van der Waals surface area contributed by atoms with E-state index < -0.39 is 34.5 Å². The molecule has 9 heteroatoms. The first-order valence-corrected chi connectivity index (χ1v) is 11.9. The molecule has 1 aromatic rings. The molecule has 1 saturated heterocycles. The Bertz CT molecular complexity index is 874. The Kier molecular flexibility index (Phi) is 7.30. The van der Waals surface area contributed by atoms with Crippen LogP contribution in [0, 0.1) is 0 Å². The summed E-state index contributed by atoms with van der Waals surface area (Å²) in [5, 5.41) is 0. The molecule has 2 aliphatic rings. The maximum Gasteiger partial charge on any atom is 0.264 e. The molecule has 2 N–H and O–H groups in total. The summed E-state index contributed by atoms with van der Waals surface area (Å²) in [7, 11) is -3.54. The van der Waals surface area contributed by atoms with Gasteiger partial charge >= 0.3 is 0 Å². The monoisotopic (exact) mass is 438 g/mol. The fourth-order valence-corrected chi connectivity index (χ4v) is 4.39. The Morgan fingerprint density at radius 1 is 1.43 bits per heavy atom. The zero-order chi connectivity index (χ0) is 21.9. The van der Waals surface area contributed by atoms with Crippen LogP contribution in [0.2, 0.25) is 0 Å². The zero-order valence-corrected chi connectivity index (χ0v) is 18.2. The van der Waals surface area contributed by atoms with Crippen molar-refractivity contribution >= 4 is 16.0 Å². The largest absolute Gasteiger partial charge is 0.369 e. The van der Waals surface area contributed by atoms with E-state index in [0.29, 0.717) is 13.0 Å². The Hall–Kier alpha value is -1.78. The number of hydrogen-bond acceptors (Lipinski definition) is 7. The molecule has 2 aliphatic heterocycles. The maximum absolute atomic E-state index is 13.2. The Morgan fingerprint density at radius 3 is 2.83 bits per heavy atom. The van der Waals surface area contributed by atoms with E-state index in [4.69, 9.17) is 19.4 Å². The van der Waals surface area contributed by atoms with E-state index in [1.807, 2.05) is 18.2 Å². The second-order valence-electron chi connectivity index (χ2n) is 7.86. The number of carbonyl (C=O) groups is 1. The van der Waals surface area contributed by atoms with Crippen LogP contribution >= 0.6 is 0 Å². The molecule has 5 atom stereocenters. The van der Waals surface area contributed by atoms with Crippen LogP contribution in [0.3, 0.4) is 0 Å². The summed E-state index contributed by atoms with van der Waals surface area (Å²) >= 11 is 0. The molecule has 1 amide bonds. The van der Waals surface area contributed by atoms with E-state index in [0.717, 1.165) is 18.2 Å². The average Bonchev–Trinajstić information content (AvgIpc) is 2.71. The van der Waals surface area contributed by atoms with Gasteiger partial charge in [-0.15, -0.1) is 6.58 Å². The predicted octanol–water partition coefficient (Wildman–Crippen LogP) is 1.16. The fourth-order valence-electron chi connectivity index (χ4n) is 3.96. The molecule has 166 valence electrons. The summed E-state index contributed by atoms with van der Waals surface area (Å²) in [6, 6.07) is 7.47. The molecule has 1 fully saturated rings. The molecule has 1 aromatic carbocycles. The summed E-state index contributed by atoms with van der Waals surface area (Å²) in [5.74, 6) is -0.100. The van der Waals surface area contributed by atoms with Crippen LogP contribution in [0.25, 0.3) is 0 Å². The minimum Gasteiger partial charge on any atom is -0.369 e. The number of benzene rings is 1. The lowest BCUT2D eigenvalue weighted by molar-refractivity contribution is -0.162. The van der Waals surface area contributed by atoms with E-state index >= 15 is 0 Å². The van der Waals surface area contributed by atoms with E-state index in [-0.39, 0.29) is 25.2 Å². The van der Waals surface area contributed by atoms with E-state index in [1.165, 1.54) is 5.56 Å². The van der Waals surface area contributed by atoms with Gasteiger partial charge in [0.1, 0.15) is 6.10 Å². The molecule has 0 bridgehead atoms. The summed E-state index contributed by atoms with van der Waals surface area (Å²) in [5.41, 5.74) is 8.57. The molecule has 8 nitrogen and oxygen atoms in total. The first-order chi connectivity index (χ1) is 14.2. The van der Waals surface area contributed by atoms with Gasteiger partial charge in [-0.3, -0.25) is 8.98 Å². The zero-order valence-electron chi connectivity index (χ0n) is 17.4. The van der Waals surface area contributed by atoms with Gasteiger partial charge in [0, 0.05) is 19.0 Å². The highest BCUT2D eigenvalue weighted by atomic mass is 32.2. The molecule has 0 radical (unpaired) electrons. The maximum atomic E-state index is 13.2. The summed E-state index contributed by atoms with van der Waals surface area (Å²) in [4.78, 5) is 15.0.